The number of piperazine rings is 1. The van der Waals surface area contributed by atoms with Crippen LogP contribution in [0.3, 0.4) is 0 Å². The number of amides is 1. The molecule has 0 unspecified atom stereocenters. The summed E-state index contributed by atoms with van der Waals surface area (Å²) in [7, 11) is -3.52. The molecule has 0 aliphatic carbocycles. The van der Waals surface area contributed by atoms with Gasteiger partial charge < -0.3 is 10.6 Å². The minimum atomic E-state index is -3.52. The molecule has 9 heteroatoms. The van der Waals surface area contributed by atoms with Crippen molar-refractivity contribution in [2.45, 2.75) is 37.1 Å². The molecular weight excluding hydrogens is 406 g/mol. The molecule has 1 fully saturated rings. The molecule has 1 aromatic rings. The Kier molecular flexibility index (Phi) is 10.1. The third kappa shape index (κ3) is 6.35. The third-order valence-corrected chi connectivity index (χ3v) is 7.16. The quantitative estimate of drug-likeness (QED) is 0.674. The molecule has 2 rings (SSSR count). The van der Waals surface area contributed by atoms with Crippen molar-refractivity contribution in [3.8, 4) is 0 Å². The number of nitrogens with zero attached hydrogens (tertiary/aromatic N) is 2. The van der Waals surface area contributed by atoms with Crippen molar-refractivity contribution < 1.29 is 13.2 Å². The Morgan fingerprint density at radius 3 is 2.30 bits per heavy atom. The second-order valence-electron chi connectivity index (χ2n) is 6.51. The van der Waals surface area contributed by atoms with Gasteiger partial charge in [0, 0.05) is 26.2 Å². The largest absolute Gasteiger partial charge is 0.339 e. The fourth-order valence-electron chi connectivity index (χ4n) is 3.02. The van der Waals surface area contributed by atoms with Crippen molar-refractivity contribution in [1.29, 1.82) is 0 Å². The number of hydrogen-bond acceptors (Lipinski definition) is 5. The van der Waals surface area contributed by atoms with Gasteiger partial charge in [-0.2, -0.15) is 16.1 Å². The number of nitrogens with two attached hydrogens (primary N) is 1. The lowest BCUT2D eigenvalue weighted by Gasteiger charge is -2.35. The predicted molar refractivity (Wildman–Crippen MR) is 114 cm³/mol. The van der Waals surface area contributed by atoms with Crippen LogP contribution in [0.1, 0.15) is 25.3 Å². The minimum Gasteiger partial charge on any atom is -0.339 e. The number of rotatable bonds is 8. The zero-order valence-corrected chi connectivity index (χ0v) is 18.4. The summed E-state index contributed by atoms with van der Waals surface area (Å²) >= 11 is 1.66. The van der Waals surface area contributed by atoms with E-state index >= 15 is 0 Å². The molecule has 2 N–H and O–H groups in total. The van der Waals surface area contributed by atoms with Crippen LogP contribution < -0.4 is 5.73 Å². The Morgan fingerprint density at radius 1 is 1.19 bits per heavy atom. The van der Waals surface area contributed by atoms with Crippen LogP contribution in [0.4, 0.5) is 0 Å². The number of hydrogen-bond donors (Lipinski definition) is 1. The summed E-state index contributed by atoms with van der Waals surface area (Å²) in [4.78, 5) is 14.3. The molecule has 154 valence electrons. The van der Waals surface area contributed by atoms with Crippen molar-refractivity contribution in [2.24, 2.45) is 5.73 Å². The van der Waals surface area contributed by atoms with Gasteiger partial charge in [-0.05, 0) is 42.5 Å². The molecule has 1 aromatic carbocycles. The van der Waals surface area contributed by atoms with E-state index in [2.05, 4.69) is 6.92 Å². The van der Waals surface area contributed by atoms with Crippen LogP contribution in [0.15, 0.2) is 29.2 Å². The van der Waals surface area contributed by atoms with E-state index in [4.69, 9.17) is 5.73 Å². The van der Waals surface area contributed by atoms with Gasteiger partial charge >= 0.3 is 0 Å². The van der Waals surface area contributed by atoms with Crippen LogP contribution in [0, 0.1) is 0 Å². The van der Waals surface area contributed by atoms with E-state index in [-0.39, 0.29) is 18.3 Å². The zero-order chi connectivity index (χ0) is 19.2. The molecule has 1 saturated heterocycles. The highest BCUT2D eigenvalue weighted by Gasteiger charge is 2.31. The average Bonchev–Trinajstić information content (AvgIpc) is 2.66. The third-order valence-electron chi connectivity index (χ3n) is 4.60. The monoisotopic (exact) mass is 435 g/mol. The maximum atomic E-state index is 12.8. The molecule has 1 aliphatic heterocycles. The Hall–Kier alpha value is -0.800. The topological polar surface area (TPSA) is 83.7 Å². The van der Waals surface area contributed by atoms with E-state index < -0.39 is 16.1 Å². The van der Waals surface area contributed by atoms with Crippen molar-refractivity contribution >= 4 is 40.1 Å². The Labute approximate surface area is 173 Å². The van der Waals surface area contributed by atoms with Crippen LogP contribution in [0.2, 0.25) is 0 Å². The maximum Gasteiger partial charge on any atom is 0.243 e. The summed E-state index contributed by atoms with van der Waals surface area (Å²) in [6, 6.07) is 6.60. The van der Waals surface area contributed by atoms with E-state index in [0.717, 1.165) is 24.2 Å². The molecule has 1 amide bonds. The number of benzene rings is 1. The second-order valence-corrected chi connectivity index (χ2v) is 9.43. The summed E-state index contributed by atoms with van der Waals surface area (Å²) in [6.45, 7) is 3.48. The first-order valence-corrected chi connectivity index (χ1v) is 11.9. The zero-order valence-electron chi connectivity index (χ0n) is 16.0. The normalized spacial score (nSPS) is 16.6. The number of carbonyl (C=O) groups excluding carboxylic acids is 1. The van der Waals surface area contributed by atoms with Gasteiger partial charge in [-0.3, -0.25) is 4.79 Å². The van der Waals surface area contributed by atoms with Crippen LogP contribution in [-0.2, 0) is 21.2 Å². The van der Waals surface area contributed by atoms with E-state index in [1.165, 1.54) is 4.31 Å². The summed E-state index contributed by atoms with van der Waals surface area (Å²) in [5, 5.41) is 0. The molecule has 0 bridgehead atoms. The smallest absolute Gasteiger partial charge is 0.243 e. The molecule has 1 atom stereocenters. The van der Waals surface area contributed by atoms with E-state index in [1.807, 2.05) is 18.4 Å². The first kappa shape index (κ1) is 24.2. The van der Waals surface area contributed by atoms with Gasteiger partial charge in [0.15, 0.2) is 0 Å². The van der Waals surface area contributed by atoms with Crippen LogP contribution >= 0.6 is 24.2 Å². The number of aryl methyl sites for hydroxylation is 1. The average molecular weight is 436 g/mol. The minimum absolute atomic E-state index is 0. The van der Waals surface area contributed by atoms with Gasteiger partial charge in [0.05, 0.1) is 10.9 Å². The first-order valence-electron chi connectivity index (χ1n) is 9.02. The first-order chi connectivity index (χ1) is 12.4. The molecular formula is C18H30ClN3O3S2. The van der Waals surface area contributed by atoms with E-state index in [1.54, 1.807) is 28.8 Å². The lowest BCUT2D eigenvalue weighted by Crippen LogP contribution is -2.54. The van der Waals surface area contributed by atoms with Gasteiger partial charge in [-0.25, -0.2) is 8.42 Å². The number of halogens is 1. The Bertz CT molecular complexity index is 690. The fraction of sp³-hybridized carbons (Fsp3) is 0.611. The molecule has 1 aliphatic rings. The number of carbonyl (C=O) groups is 1. The summed E-state index contributed by atoms with van der Waals surface area (Å²) in [5.74, 6) is 0.759. The van der Waals surface area contributed by atoms with Gasteiger partial charge in [0.2, 0.25) is 15.9 Å². The number of thioether (sulfide) groups is 1. The lowest BCUT2D eigenvalue weighted by molar-refractivity contribution is -0.133. The summed E-state index contributed by atoms with van der Waals surface area (Å²) in [5.41, 5.74) is 7.09. The van der Waals surface area contributed by atoms with Crippen LogP contribution in [-0.4, -0.2) is 67.8 Å². The maximum absolute atomic E-state index is 12.8. The molecule has 0 saturated carbocycles. The standard InChI is InChI=1S/C18H29N3O3S2.ClH/c1-3-4-15-5-7-16(8-6-15)26(23,24)21-12-10-20(11-13-21)18(22)17(19)9-14-25-2;/h5-8,17H,3-4,9-14,19H2,1-2H3;1H/t17-;/m0./s1. The molecule has 0 radical (unpaired) electrons. The second kappa shape index (κ2) is 11.3. The van der Waals surface area contributed by atoms with Crippen molar-refractivity contribution in [3.05, 3.63) is 29.8 Å². The molecule has 0 aromatic heterocycles. The number of sulfonamides is 1. The molecule has 1 heterocycles. The highest BCUT2D eigenvalue weighted by atomic mass is 35.5. The van der Waals surface area contributed by atoms with Gasteiger partial charge in [0.25, 0.3) is 0 Å². The van der Waals surface area contributed by atoms with Gasteiger partial charge in [0.1, 0.15) is 0 Å². The lowest BCUT2D eigenvalue weighted by atomic mass is 10.1. The van der Waals surface area contributed by atoms with Crippen molar-refractivity contribution in [3.63, 3.8) is 0 Å². The van der Waals surface area contributed by atoms with Crippen molar-refractivity contribution in [1.82, 2.24) is 9.21 Å². The van der Waals surface area contributed by atoms with Crippen LogP contribution in [0.5, 0.6) is 0 Å². The van der Waals surface area contributed by atoms with Gasteiger partial charge in [-0.15, -0.1) is 12.4 Å². The SMILES string of the molecule is CCCc1ccc(S(=O)(=O)N2CCN(C(=O)[C@@H](N)CCSC)CC2)cc1.Cl. The van der Waals surface area contributed by atoms with E-state index in [9.17, 15) is 13.2 Å². The summed E-state index contributed by atoms with van der Waals surface area (Å²) in [6.07, 6.45) is 4.59. The molecule has 6 nitrogen and oxygen atoms in total. The van der Waals surface area contributed by atoms with Crippen LogP contribution in [0.25, 0.3) is 0 Å². The Balaban J connectivity index is 0.00000364. The van der Waals surface area contributed by atoms with Gasteiger partial charge in [-0.1, -0.05) is 25.5 Å². The van der Waals surface area contributed by atoms with E-state index in [0.29, 0.717) is 37.5 Å². The molecule has 0 spiro atoms. The molecule has 27 heavy (non-hydrogen) atoms. The fourth-order valence-corrected chi connectivity index (χ4v) is 4.93. The highest BCUT2D eigenvalue weighted by molar-refractivity contribution is 7.98. The highest BCUT2D eigenvalue weighted by Crippen LogP contribution is 2.19. The summed E-state index contributed by atoms with van der Waals surface area (Å²) < 4.78 is 27.1. The Morgan fingerprint density at radius 2 is 1.78 bits per heavy atom. The van der Waals surface area contributed by atoms with Crippen molar-refractivity contribution in [2.75, 3.05) is 38.2 Å². The predicted octanol–water partition coefficient (Wildman–Crippen LogP) is 1.97.